The van der Waals surface area contributed by atoms with Gasteiger partial charge in [0.2, 0.25) is 5.91 Å². The molecule has 0 bridgehead atoms. The largest absolute Gasteiger partial charge is 0.493 e. The molecule has 0 fully saturated rings. The molecular formula is C34H39N3O4S. The van der Waals surface area contributed by atoms with E-state index in [2.05, 4.69) is 50.2 Å². The van der Waals surface area contributed by atoms with E-state index in [-0.39, 0.29) is 23.9 Å². The van der Waals surface area contributed by atoms with Crippen molar-refractivity contribution in [3.8, 4) is 5.75 Å². The zero-order chi connectivity index (χ0) is 29.9. The van der Waals surface area contributed by atoms with Crippen molar-refractivity contribution in [3.63, 3.8) is 0 Å². The summed E-state index contributed by atoms with van der Waals surface area (Å²) in [6.45, 7) is 7.85. The van der Waals surface area contributed by atoms with Gasteiger partial charge in [-0.3, -0.25) is 18.6 Å². The second-order valence-electron chi connectivity index (χ2n) is 11.9. The molecule has 4 aromatic rings. The second-order valence-corrected chi connectivity index (χ2v) is 12.7. The van der Waals surface area contributed by atoms with Gasteiger partial charge in [-0.1, -0.05) is 72.8 Å². The number of hydrogen-bond acceptors (Lipinski definition) is 4. The van der Waals surface area contributed by atoms with E-state index in [1.807, 2.05) is 78.9 Å². The maximum Gasteiger partial charge on any atom is 0.262 e. The molecule has 2 N–H and O–H groups in total. The Balaban J connectivity index is 1.39. The zero-order valence-corrected chi connectivity index (χ0v) is 25.4. The predicted molar refractivity (Wildman–Crippen MR) is 170 cm³/mol. The van der Waals surface area contributed by atoms with E-state index in [4.69, 9.17) is 4.74 Å². The highest BCUT2D eigenvalue weighted by molar-refractivity contribution is 7.80. The fourth-order valence-corrected chi connectivity index (χ4v) is 6.03. The van der Waals surface area contributed by atoms with E-state index >= 15 is 0 Å². The van der Waals surface area contributed by atoms with Crippen LogP contribution in [0.4, 0.5) is 5.69 Å². The van der Waals surface area contributed by atoms with Gasteiger partial charge < -0.3 is 10.1 Å². The maximum absolute atomic E-state index is 13.6. The van der Waals surface area contributed by atoms with E-state index in [1.54, 1.807) is 0 Å². The van der Waals surface area contributed by atoms with Crippen LogP contribution in [0.5, 0.6) is 5.75 Å². The lowest BCUT2D eigenvalue weighted by atomic mass is 9.97. The smallest absolute Gasteiger partial charge is 0.262 e. The molecule has 7 nitrogen and oxygen atoms in total. The van der Waals surface area contributed by atoms with Gasteiger partial charge in [0, 0.05) is 24.1 Å². The molecule has 0 saturated heterocycles. The number of rotatable bonds is 9. The number of carbonyl (C=O) groups is 1. The lowest BCUT2D eigenvalue weighted by molar-refractivity contribution is -0.122. The van der Waals surface area contributed by atoms with E-state index < -0.39 is 17.3 Å². The van der Waals surface area contributed by atoms with Crippen LogP contribution >= 0.6 is 0 Å². The van der Waals surface area contributed by atoms with Gasteiger partial charge in [-0.25, -0.2) is 4.21 Å². The van der Waals surface area contributed by atoms with Crippen molar-refractivity contribution in [3.05, 3.63) is 108 Å². The van der Waals surface area contributed by atoms with E-state index in [0.29, 0.717) is 18.7 Å². The van der Waals surface area contributed by atoms with Crippen molar-refractivity contribution in [2.45, 2.75) is 57.8 Å². The van der Waals surface area contributed by atoms with Crippen LogP contribution in [0.2, 0.25) is 0 Å². The Hall–Kier alpha value is -3.72. The van der Waals surface area contributed by atoms with Crippen LogP contribution in [0.25, 0.3) is 10.8 Å². The van der Waals surface area contributed by atoms with Crippen LogP contribution in [0.1, 0.15) is 62.4 Å². The van der Waals surface area contributed by atoms with Crippen molar-refractivity contribution in [1.82, 2.24) is 10.2 Å². The minimum absolute atomic E-state index is 0.00426. The molecule has 3 atom stereocenters. The second kappa shape index (κ2) is 12.7. The third-order valence-corrected chi connectivity index (χ3v) is 8.82. The predicted octanol–water partition coefficient (Wildman–Crippen LogP) is 6.78. The van der Waals surface area contributed by atoms with Crippen LogP contribution in [-0.2, 0) is 22.6 Å². The molecule has 0 spiro atoms. The minimum Gasteiger partial charge on any atom is -0.493 e. The maximum atomic E-state index is 13.6. The molecule has 4 aromatic carbocycles. The normalized spacial score (nSPS) is 16.4. The molecule has 0 saturated carbocycles. The third kappa shape index (κ3) is 6.84. The van der Waals surface area contributed by atoms with Crippen LogP contribution in [-0.4, -0.2) is 38.8 Å². The average molecular weight is 586 g/mol. The summed E-state index contributed by atoms with van der Waals surface area (Å²) >= 11 is -2.37. The highest BCUT2D eigenvalue weighted by Gasteiger charge is 2.30. The lowest BCUT2D eigenvalue weighted by Gasteiger charge is -2.33. The quantitative estimate of drug-likeness (QED) is 0.212. The molecule has 1 aliphatic rings. The molecule has 5 rings (SSSR count). The van der Waals surface area contributed by atoms with Gasteiger partial charge in [0.25, 0.3) is 11.3 Å². The fraction of sp³-hybridized carbons (Fsp3) is 0.324. The zero-order valence-electron chi connectivity index (χ0n) is 24.6. The van der Waals surface area contributed by atoms with Crippen LogP contribution in [0.15, 0.2) is 91.0 Å². The molecular weight excluding hydrogens is 546 g/mol. The molecule has 1 amide bonds. The molecule has 8 heteroatoms. The van der Waals surface area contributed by atoms with Gasteiger partial charge in [-0.2, -0.15) is 0 Å². The first-order valence-corrected chi connectivity index (χ1v) is 15.4. The Kier molecular flexibility index (Phi) is 8.96. The van der Waals surface area contributed by atoms with Crippen molar-refractivity contribution in [2.75, 3.05) is 18.0 Å². The molecule has 1 heterocycles. The van der Waals surface area contributed by atoms with Gasteiger partial charge in [0.1, 0.15) is 5.75 Å². The van der Waals surface area contributed by atoms with E-state index in [1.165, 1.54) is 4.31 Å². The Bertz CT molecular complexity index is 1570. The topological polar surface area (TPSA) is 82.1 Å². The highest BCUT2D eigenvalue weighted by atomic mass is 32.2. The Morgan fingerprint density at radius 2 is 1.71 bits per heavy atom. The van der Waals surface area contributed by atoms with Crippen LogP contribution in [0.3, 0.4) is 0 Å². The molecule has 3 unspecified atom stereocenters. The van der Waals surface area contributed by atoms with E-state index in [9.17, 15) is 13.6 Å². The van der Waals surface area contributed by atoms with E-state index in [0.717, 1.165) is 39.8 Å². The number of carbonyl (C=O) groups excluding carboxylic acids is 1. The Labute approximate surface area is 250 Å². The molecule has 0 aromatic heterocycles. The van der Waals surface area contributed by atoms with Gasteiger partial charge in [0.15, 0.2) is 0 Å². The summed E-state index contributed by atoms with van der Waals surface area (Å²) in [5.41, 5.74) is 3.49. The summed E-state index contributed by atoms with van der Waals surface area (Å²) in [7, 11) is 2.10. The summed E-state index contributed by atoms with van der Waals surface area (Å²) in [5.74, 6) is 0.592. The van der Waals surface area contributed by atoms with Crippen molar-refractivity contribution >= 4 is 33.6 Å². The minimum atomic E-state index is -2.37. The van der Waals surface area contributed by atoms with Crippen molar-refractivity contribution < 1.29 is 18.3 Å². The van der Waals surface area contributed by atoms with Gasteiger partial charge in [-0.15, -0.1) is 0 Å². The number of fused-ring (bicyclic) bond motifs is 2. The number of hydrogen-bond donors (Lipinski definition) is 2. The molecule has 42 heavy (non-hydrogen) atoms. The van der Waals surface area contributed by atoms with Crippen LogP contribution < -0.4 is 14.4 Å². The fourth-order valence-electron chi connectivity index (χ4n) is 5.33. The van der Waals surface area contributed by atoms with Crippen LogP contribution in [0, 0.1) is 0 Å². The number of amides is 1. The van der Waals surface area contributed by atoms with Crippen molar-refractivity contribution in [2.24, 2.45) is 0 Å². The number of ether oxygens (including phenoxy) is 1. The lowest BCUT2D eigenvalue weighted by Crippen LogP contribution is -2.38. The molecule has 0 radical (unpaired) electrons. The average Bonchev–Trinajstić information content (AvgIpc) is 2.96. The molecule has 1 aliphatic heterocycles. The first-order chi connectivity index (χ1) is 20.1. The SMILES string of the molecule is CN(Cc1ccc2c(c1)OCCC2NC(=O)CC(c1ccccc1)N(c1ccc2ccccc2c1)S(=O)O)C(C)(C)C. The number of benzene rings is 4. The summed E-state index contributed by atoms with van der Waals surface area (Å²) in [6.07, 6.45) is 0.653. The summed E-state index contributed by atoms with van der Waals surface area (Å²) in [6, 6.07) is 28.3. The number of anilines is 1. The van der Waals surface area contributed by atoms with Gasteiger partial charge in [-0.05, 0) is 67.9 Å². The third-order valence-electron chi connectivity index (χ3n) is 8.02. The first-order valence-electron chi connectivity index (χ1n) is 14.3. The Morgan fingerprint density at radius 3 is 2.43 bits per heavy atom. The molecule has 220 valence electrons. The molecule has 0 aliphatic carbocycles. The highest BCUT2D eigenvalue weighted by Crippen LogP contribution is 2.36. The van der Waals surface area contributed by atoms with Gasteiger partial charge in [0.05, 0.1) is 30.8 Å². The number of nitrogens with one attached hydrogen (secondary N) is 1. The summed E-state index contributed by atoms with van der Waals surface area (Å²) in [4.78, 5) is 15.9. The van der Waals surface area contributed by atoms with Crippen molar-refractivity contribution in [1.29, 1.82) is 0 Å². The summed E-state index contributed by atoms with van der Waals surface area (Å²) < 4.78 is 30.8. The number of nitrogens with zero attached hydrogens (tertiary/aromatic N) is 2. The summed E-state index contributed by atoms with van der Waals surface area (Å²) in [5, 5.41) is 5.18. The monoisotopic (exact) mass is 585 g/mol. The van der Waals surface area contributed by atoms with Gasteiger partial charge >= 0.3 is 0 Å². The standard InChI is InChI=1S/C34H39N3O4S/c1-34(2,3)36(4)23-24-14-17-29-30(18-19-41-32(29)20-24)35-33(38)22-31(26-11-6-5-7-12-26)37(42(39)40)28-16-15-25-10-8-9-13-27(25)21-28/h5-17,20-21,30-31H,18-19,22-23H2,1-4H3,(H,35,38)(H,39,40). The Morgan fingerprint density at radius 1 is 1.00 bits per heavy atom. The first kappa shape index (κ1) is 29.8.